The molecule has 9 heteroatoms. The summed E-state index contributed by atoms with van der Waals surface area (Å²) in [6, 6.07) is 15.0. The van der Waals surface area contributed by atoms with Crippen LogP contribution >= 0.6 is 11.8 Å². The SMILES string of the molecule is CN(CC(=O)Nc1ccc(F)cc1)C(=O)CSc1nncn1-c1ccccc1. The Morgan fingerprint density at radius 3 is 2.57 bits per heavy atom. The molecule has 0 aliphatic heterocycles. The van der Waals surface area contributed by atoms with E-state index in [1.54, 1.807) is 17.9 Å². The topological polar surface area (TPSA) is 80.1 Å². The van der Waals surface area contributed by atoms with Crippen molar-refractivity contribution in [2.45, 2.75) is 5.16 Å². The average Bonchev–Trinajstić information content (AvgIpc) is 3.17. The molecule has 0 aliphatic rings. The van der Waals surface area contributed by atoms with Gasteiger partial charge in [-0.05, 0) is 36.4 Å². The van der Waals surface area contributed by atoms with Crippen molar-refractivity contribution in [3.8, 4) is 5.69 Å². The van der Waals surface area contributed by atoms with Gasteiger partial charge in [0.2, 0.25) is 11.8 Å². The van der Waals surface area contributed by atoms with Crippen LogP contribution in [0.4, 0.5) is 10.1 Å². The van der Waals surface area contributed by atoms with E-state index in [4.69, 9.17) is 0 Å². The number of halogens is 1. The highest BCUT2D eigenvalue weighted by atomic mass is 32.2. The summed E-state index contributed by atoms with van der Waals surface area (Å²) >= 11 is 1.24. The van der Waals surface area contributed by atoms with Gasteiger partial charge in [-0.2, -0.15) is 0 Å². The monoisotopic (exact) mass is 399 g/mol. The normalized spacial score (nSPS) is 10.5. The second-order valence-electron chi connectivity index (χ2n) is 5.91. The number of anilines is 1. The van der Waals surface area contributed by atoms with Crippen LogP contribution in [-0.4, -0.2) is 50.8 Å². The number of likely N-dealkylation sites (N-methyl/N-ethyl adjacent to an activating group) is 1. The van der Waals surface area contributed by atoms with E-state index in [1.807, 2.05) is 30.3 Å². The Kier molecular flexibility index (Phi) is 6.38. The molecule has 0 bridgehead atoms. The molecular weight excluding hydrogens is 381 g/mol. The minimum absolute atomic E-state index is 0.109. The van der Waals surface area contributed by atoms with E-state index in [0.29, 0.717) is 10.8 Å². The fourth-order valence-corrected chi connectivity index (χ4v) is 3.23. The van der Waals surface area contributed by atoms with Crippen LogP contribution in [-0.2, 0) is 9.59 Å². The predicted octanol–water partition coefficient (Wildman–Crippen LogP) is 2.60. The van der Waals surface area contributed by atoms with Crippen LogP contribution in [0.2, 0.25) is 0 Å². The number of aromatic nitrogens is 3. The summed E-state index contributed by atoms with van der Waals surface area (Å²) in [5.41, 5.74) is 1.37. The van der Waals surface area contributed by atoms with E-state index in [9.17, 15) is 14.0 Å². The minimum atomic E-state index is -0.384. The number of para-hydroxylation sites is 1. The van der Waals surface area contributed by atoms with Gasteiger partial charge in [-0.1, -0.05) is 30.0 Å². The number of hydrogen-bond donors (Lipinski definition) is 1. The second kappa shape index (κ2) is 9.14. The number of rotatable bonds is 7. The van der Waals surface area contributed by atoms with Gasteiger partial charge in [0.15, 0.2) is 5.16 Å². The van der Waals surface area contributed by atoms with Gasteiger partial charge in [-0.15, -0.1) is 10.2 Å². The molecule has 2 aromatic carbocycles. The van der Waals surface area contributed by atoms with Crippen LogP contribution < -0.4 is 5.32 Å². The quantitative estimate of drug-likeness (QED) is 0.618. The van der Waals surface area contributed by atoms with Crippen molar-refractivity contribution in [2.75, 3.05) is 24.7 Å². The van der Waals surface area contributed by atoms with Crippen LogP contribution in [0.1, 0.15) is 0 Å². The fraction of sp³-hybridized carbons (Fsp3) is 0.158. The zero-order valence-corrected chi connectivity index (χ0v) is 15.9. The molecule has 1 aromatic heterocycles. The molecule has 1 heterocycles. The lowest BCUT2D eigenvalue weighted by atomic mass is 10.3. The molecule has 0 radical (unpaired) electrons. The summed E-state index contributed by atoms with van der Waals surface area (Å²) in [5.74, 6) is -0.848. The van der Waals surface area contributed by atoms with Gasteiger partial charge in [0.1, 0.15) is 12.1 Å². The molecule has 0 fully saturated rings. The first-order chi connectivity index (χ1) is 13.5. The molecule has 28 heavy (non-hydrogen) atoms. The van der Waals surface area contributed by atoms with E-state index in [2.05, 4.69) is 15.5 Å². The molecule has 144 valence electrons. The Morgan fingerprint density at radius 2 is 1.86 bits per heavy atom. The van der Waals surface area contributed by atoms with Crippen LogP contribution in [0, 0.1) is 5.82 Å². The first-order valence-corrected chi connectivity index (χ1v) is 9.39. The van der Waals surface area contributed by atoms with E-state index in [1.165, 1.54) is 40.9 Å². The number of nitrogens with one attached hydrogen (secondary N) is 1. The molecule has 0 saturated heterocycles. The van der Waals surface area contributed by atoms with Crippen molar-refractivity contribution >= 4 is 29.3 Å². The number of benzene rings is 2. The summed E-state index contributed by atoms with van der Waals surface area (Å²) in [5, 5.41) is 11.2. The molecule has 3 rings (SSSR count). The van der Waals surface area contributed by atoms with E-state index >= 15 is 0 Å². The molecule has 0 saturated carbocycles. The maximum atomic E-state index is 12.9. The molecular formula is C19H18FN5O2S. The van der Waals surface area contributed by atoms with Gasteiger partial charge >= 0.3 is 0 Å². The lowest BCUT2D eigenvalue weighted by molar-refractivity contribution is -0.131. The third-order valence-electron chi connectivity index (χ3n) is 3.81. The highest BCUT2D eigenvalue weighted by molar-refractivity contribution is 7.99. The third kappa shape index (κ3) is 5.17. The number of carbonyl (C=O) groups is 2. The lowest BCUT2D eigenvalue weighted by Crippen LogP contribution is -2.36. The third-order valence-corrected chi connectivity index (χ3v) is 4.74. The predicted molar refractivity (Wildman–Crippen MR) is 105 cm³/mol. The number of thioether (sulfide) groups is 1. The molecule has 0 aliphatic carbocycles. The number of hydrogen-bond acceptors (Lipinski definition) is 5. The van der Waals surface area contributed by atoms with Gasteiger partial charge in [0, 0.05) is 18.4 Å². The highest BCUT2D eigenvalue weighted by Crippen LogP contribution is 2.19. The average molecular weight is 399 g/mol. The summed E-state index contributed by atoms with van der Waals surface area (Å²) in [4.78, 5) is 25.7. The van der Waals surface area contributed by atoms with Crippen molar-refractivity contribution in [3.63, 3.8) is 0 Å². The zero-order chi connectivity index (χ0) is 19.9. The largest absolute Gasteiger partial charge is 0.336 e. The van der Waals surface area contributed by atoms with Gasteiger partial charge in [0.05, 0.1) is 12.3 Å². The van der Waals surface area contributed by atoms with Gasteiger partial charge in [-0.3, -0.25) is 14.2 Å². The first-order valence-electron chi connectivity index (χ1n) is 8.40. The summed E-state index contributed by atoms with van der Waals surface area (Å²) in [7, 11) is 1.55. The zero-order valence-electron chi connectivity index (χ0n) is 15.1. The summed E-state index contributed by atoms with van der Waals surface area (Å²) in [6.45, 7) is -0.109. The summed E-state index contributed by atoms with van der Waals surface area (Å²) < 4.78 is 14.7. The van der Waals surface area contributed by atoms with E-state index < -0.39 is 0 Å². The maximum absolute atomic E-state index is 12.9. The Balaban J connectivity index is 1.52. The lowest BCUT2D eigenvalue weighted by Gasteiger charge is -2.16. The highest BCUT2D eigenvalue weighted by Gasteiger charge is 2.16. The van der Waals surface area contributed by atoms with Crippen molar-refractivity contribution in [2.24, 2.45) is 0 Å². The van der Waals surface area contributed by atoms with Gasteiger partial charge in [0.25, 0.3) is 0 Å². The Hall–Kier alpha value is -3.20. The standard InChI is InChI=1S/C19H18FN5O2S/c1-24(11-17(26)22-15-9-7-14(20)8-10-15)18(27)12-28-19-23-21-13-25(19)16-5-3-2-4-6-16/h2-10,13H,11-12H2,1H3,(H,22,26). The molecule has 1 N–H and O–H groups in total. The Labute approximate surface area is 165 Å². The molecule has 3 aromatic rings. The molecule has 0 atom stereocenters. The fourth-order valence-electron chi connectivity index (χ4n) is 2.36. The maximum Gasteiger partial charge on any atom is 0.243 e. The van der Waals surface area contributed by atoms with Crippen molar-refractivity contribution < 1.29 is 14.0 Å². The minimum Gasteiger partial charge on any atom is -0.336 e. The Bertz CT molecular complexity index is 946. The van der Waals surface area contributed by atoms with Gasteiger partial charge in [-0.25, -0.2) is 4.39 Å². The first kappa shape index (κ1) is 19.6. The second-order valence-corrected chi connectivity index (χ2v) is 6.86. The van der Waals surface area contributed by atoms with Crippen molar-refractivity contribution in [1.82, 2.24) is 19.7 Å². The number of carbonyl (C=O) groups excluding carboxylic acids is 2. The van der Waals surface area contributed by atoms with Crippen LogP contribution in [0.15, 0.2) is 66.1 Å². The summed E-state index contributed by atoms with van der Waals surface area (Å²) in [6.07, 6.45) is 1.59. The molecule has 7 nitrogen and oxygen atoms in total. The smallest absolute Gasteiger partial charge is 0.243 e. The molecule has 2 amide bonds. The molecule has 0 unspecified atom stereocenters. The van der Waals surface area contributed by atoms with Crippen molar-refractivity contribution in [3.05, 3.63) is 66.7 Å². The number of amides is 2. The van der Waals surface area contributed by atoms with E-state index in [-0.39, 0.29) is 29.9 Å². The van der Waals surface area contributed by atoms with Crippen LogP contribution in [0.3, 0.4) is 0 Å². The van der Waals surface area contributed by atoms with Crippen LogP contribution in [0.5, 0.6) is 0 Å². The van der Waals surface area contributed by atoms with Crippen molar-refractivity contribution in [1.29, 1.82) is 0 Å². The van der Waals surface area contributed by atoms with Gasteiger partial charge < -0.3 is 10.2 Å². The number of nitrogens with zero attached hydrogens (tertiary/aromatic N) is 4. The van der Waals surface area contributed by atoms with E-state index in [0.717, 1.165) is 5.69 Å². The molecule has 0 spiro atoms. The van der Waals surface area contributed by atoms with Crippen LogP contribution in [0.25, 0.3) is 5.69 Å². The Morgan fingerprint density at radius 1 is 1.14 bits per heavy atom.